The quantitative estimate of drug-likeness (QED) is 0.452. The lowest BCUT2D eigenvalue weighted by Crippen LogP contribution is -2.00. The zero-order chi connectivity index (χ0) is 6.27. The molecule has 0 unspecified atom stereocenters. The Morgan fingerprint density at radius 1 is 1.33 bits per heavy atom. The van der Waals surface area contributed by atoms with Gasteiger partial charge in [-0.05, 0) is 6.92 Å². The second kappa shape index (κ2) is 1.37. The summed E-state index contributed by atoms with van der Waals surface area (Å²) in [7, 11) is 0. The molecule has 0 saturated carbocycles. The normalized spacial score (nSPS) is 21.2. The summed E-state index contributed by atoms with van der Waals surface area (Å²) in [6.45, 7) is 1.93. The van der Waals surface area contributed by atoms with E-state index in [0.29, 0.717) is 0 Å². The Hall–Kier alpha value is -1.25. The number of hydrogen-bond acceptors (Lipinski definition) is 3. The van der Waals surface area contributed by atoms with Crippen molar-refractivity contribution in [3.05, 3.63) is 11.8 Å². The third-order valence-electron chi connectivity index (χ3n) is 1.37. The van der Waals surface area contributed by atoms with E-state index in [1.54, 1.807) is 12.4 Å². The van der Waals surface area contributed by atoms with E-state index in [-0.39, 0.29) is 0 Å². The standard InChI is InChI=1S/C6H5N3/c1-4-5-2-7-3-6(5)9-8-4/h2-3H,1H3. The van der Waals surface area contributed by atoms with Gasteiger partial charge in [0, 0.05) is 11.8 Å². The summed E-state index contributed by atoms with van der Waals surface area (Å²) in [5.74, 6) is 0. The smallest absolute Gasteiger partial charge is 0.115 e. The van der Waals surface area contributed by atoms with Gasteiger partial charge in [0.05, 0.1) is 11.9 Å². The molecule has 0 aromatic rings. The maximum Gasteiger partial charge on any atom is 0.115 e. The Labute approximate surface area is 52.5 Å². The van der Waals surface area contributed by atoms with E-state index < -0.39 is 0 Å². The minimum atomic E-state index is 0.896. The summed E-state index contributed by atoms with van der Waals surface area (Å²) < 4.78 is 0. The van der Waals surface area contributed by atoms with Crippen molar-refractivity contribution in [3.8, 4) is 0 Å². The van der Waals surface area contributed by atoms with Crippen LogP contribution in [0.2, 0.25) is 0 Å². The van der Waals surface area contributed by atoms with Gasteiger partial charge in [0.2, 0.25) is 0 Å². The zero-order valence-electron chi connectivity index (χ0n) is 5.00. The zero-order valence-corrected chi connectivity index (χ0v) is 5.00. The Morgan fingerprint density at radius 3 is 3.00 bits per heavy atom. The summed E-state index contributed by atoms with van der Waals surface area (Å²) in [4.78, 5) is 3.92. The van der Waals surface area contributed by atoms with Gasteiger partial charge >= 0.3 is 0 Å². The Kier molecular flexibility index (Phi) is 0.704. The molecule has 0 aliphatic carbocycles. The van der Waals surface area contributed by atoms with Gasteiger partial charge in [-0.3, -0.25) is 4.99 Å². The molecule has 0 saturated heterocycles. The van der Waals surface area contributed by atoms with E-state index >= 15 is 0 Å². The SMILES string of the molecule is CC1=NN=C2C=NC=C12. The van der Waals surface area contributed by atoms with E-state index in [2.05, 4.69) is 15.2 Å². The average Bonchev–Trinajstić information content (AvgIpc) is 2.35. The van der Waals surface area contributed by atoms with Gasteiger partial charge in [0.1, 0.15) is 5.71 Å². The summed E-state index contributed by atoms with van der Waals surface area (Å²) in [5.41, 5.74) is 2.92. The molecule has 44 valence electrons. The first-order valence-corrected chi connectivity index (χ1v) is 2.74. The topological polar surface area (TPSA) is 37.1 Å². The van der Waals surface area contributed by atoms with Crippen molar-refractivity contribution in [1.29, 1.82) is 0 Å². The monoisotopic (exact) mass is 119 g/mol. The van der Waals surface area contributed by atoms with E-state index in [4.69, 9.17) is 0 Å². The molecule has 2 heterocycles. The maximum absolute atomic E-state index is 3.92. The fourth-order valence-electron chi connectivity index (χ4n) is 0.859. The molecule has 0 spiro atoms. The molecule has 3 nitrogen and oxygen atoms in total. The van der Waals surface area contributed by atoms with Crippen LogP contribution in [-0.2, 0) is 0 Å². The van der Waals surface area contributed by atoms with Crippen molar-refractivity contribution in [2.75, 3.05) is 0 Å². The lowest BCUT2D eigenvalue weighted by molar-refractivity contribution is 1.27. The lowest BCUT2D eigenvalue weighted by Gasteiger charge is -1.86. The molecule has 0 bridgehead atoms. The molecule has 2 aliphatic rings. The number of allylic oxidation sites excluding steroid dienone is 1. The molecule has 0 fully saturated rings. The van der Waals surface area contributed by atoms with Gasteiger partial charge in [-0.15, -0.1) is 5.10 Å². The van der Waals surface area contributed by atoms with Crippen LogP contribution in [0.5, 0.6) is 0 Å². The molecular formula is C6H5N3. The summed E-state index contributed by atoms with van der Waals surface area (Å²) in [5, 5.41) is 7.73. The molecule has 2 rings (SSSR count). The van der Waals surface area contributed by atoms with E-state index in [0.717, 1.165) is 17.0 Å². The largest absolute Gasteiger partial charge is 0.262 e. The molecule has 2 aliphatic heterocycles. The highest BCUT2D eigenvalue weighted by Gasteiger charge is 2.16. The van der Waals surface area contributed by atoms with Crippen LogP contribution in [0, 0.1) is 0 Å². The molecule has 9 heavy (non-hydrogen) atoms. The third-order valence-corrected chi connectivity index (χ3v) is 1.37. The van der Waals surface area contributed by atoms with Crippen LogP contribution in [0.3, 0.4) is 0 Å². The minimum Gasteiger partial charge on any atom is -0.262 e. The van der Waals surface area contributed by atoms with E-state index in [9.17, 15) is 0 Å². The van der Waals surface area contributed by atoms with Crippen LogP contribution in [0.25, 0.3) is 0 Å². The average molecular weight is 119 g/mol. The first kappa shape index (κ1) is 4.61. The molecule has 0 radical (unpaired) electrons. The van der Waals surface area contributed by atoms with Crippen LogP contribution >= 0.6 is 0 Å². The molecule has 0 amide bonds. The molecular weight excluding hydrogens is 114 g/mol. The second-order valence-electron chi connectivity index (χ2n) is 1.99. The highest BCUT2D eigenvalue weighted by molar-refractivity contribution is 6.49. The summed E-state index contributed by atoms with van der Waals surface area (Å²) in [6.07, 6.45) is 3.50. The van der Waals surface area contributed by atoms with Crippen LogP contribution in [0.15, 0.2) is 27.0 Å². The highest BCUT2D eigenvalue weighted by Crippen LogP contribution is 2.12. The van der Waals surface area contributed by atoms with Gasteiger partial charge in [0.15, 0.2) is 0 Å². The van der Waals surface area contributed by atoms with Crippen molar-refractivity contribution >= 4 is 17.6 Å². The molecule has 0 N–H and O–H groups in total. The summed E-state index contributed by atoms with van der Waals surface area (Å²) in [6, 6.07) is 0. The fraction of sp³-hybridized carbons (Fsp3) is 0.167. The van der Waals surface area contributed by atoms with Gasteiger partial charge in [0.25, 0.3) is 0 Å². The number of hydrogen-bond donors (Lipinski definition) is 0. The molecule has 0 aromatic heterocycles. The van der Waals surface area contributed by atoms with Crippen LogP contribution in [0.1, 0.15) is 6.92 Å². The van der Waals surface area contributed by atoms with E-state index in [1.165, 1.54) is 0 Å². The number of rotatable bonds is 0. The Morgan fingerprint density at radius 2 is 2.22 bits per heavy atom. The fourth-order valence-corrected chi connectivity index (χ4v) is 0.859. The Bertz CT molecular complexity index is 268. The highest BCUT2D eigenvalue weighted by atomic mass is 15.2. The van der Waals surface area contributed by atoms with Gasteiger partial charge in [-0.2, -0.15) is 5.10 Å². The number of aliphatic imine (C=N–C) groups is 1. The molecule has 0 aromatic carbocycles. The third kappa shape index (κ3) is 0.483. The van der Waals surface area contributed by atoms with Gasteiger partial charge < -0.3 is 0 Å². The predicted molar refractivity (Wildman–Crippen MR) is 37.1 cm³/mol. The van der Waals surface area contributed by atoms with E-state index in [1.807, 2.05) is 6.92 Å². The molecule has 0 atom stereocenters. The second-order valence-corrected chi connectivity index (χ2v) is 1.99. The minimum absolute atomic E-state index is 0.896. The predicted octanol–water partition coefficient (Wildman–Crippen LogP) is 0.785. The first-order valence-electron chi connectivity index (χ1n) is 2.74. The molecule has 3 heteroatoms. The van der Waals surface area contributed by atoms with Gasteiger partial charge in [-0.25, -0.2) is 0 Å². The van der Waals surface area contributed by atoms with Crippen LogP contribution in [0.4, 0.5) is 0 Å². The van der Waals surface area contributed by atoms with Gasteiger partial charge in [-0.1, -0.05) is 0 Å². The van der Waals surface area contributed by atoms with Crippen molar-refractivity contribution in [1.82, 2.24) is 0 Å². The van der Waals surface area contributed by atoms with Crippen LogP contribution in [-0.4, -0.2) is 17.6 Å². The number of fused-ring (bicyclic) bond motifs is 1. The maximum atomic E-state index is 3.92. The van der Waals surface area contributed by atoms with Crippen molar-refractivity contribution in [2.24, 2.45) is 15.2 Å². The number of nitrogens with zero attached hydrogens (tertiary/aromatic N) is 3. The van der Waals surface area contributed by atoms with Crippen LogP contribution < -0.4 is 0 Å². The van der Waals surface area contributed by atoms with Crippen molar-refractivity contribution in [2.45, 2.75) is 6.92 Å². The lowest BCUT2D eigenvalue weighted by atomic mass is 10.1. The van der Waals surface area contributed by atoms with Crippen molar-refractivity contribution < 1.29 is 0 Å². The Balaban J connectivity index is 2.53. The first-order chi connectivity index (χ1) is 4.38. The van der Waals surface area contributed by atoms with Crippen molar-refractivity contribution in [3.63, 3.8) is 0 Å². The summed E-state index contributed by atoms with van der Waals surface area (Å²) >= 11 is 0.